The van der Waals surface area contributed by atoms with E-state index in [1.165, 1.54) is 11.3 Å². The van der Waals surface area contributed by atoms with E-state index in [0.29, 0.717) is 23.5 Å². The van der Waals surface area contributed by atoms with Crippen LogP contribution in [-0.4, -0.2) is 29.6 Å². The summed E-state index contributed by atoms with van der Waals surface area (Å²) in [5.41, 5.74) is 0.647. The van der Waals surface area contributed by atoms with Gasteiger partial charge in [0.1, 0.15) is 0 Å². The van der Waals surface area contributed by atoms with E-state index in [1.54, 1.807) is 0 Å². The quantitative estimate of drug-likeness (QED) is 0.791. The molecule has 2 N–H and O–H groups in total. The van der Waals surface area contributed by atoms with E-state index in [4.69, 9.17) is 17.0 Å². The molecule has 0 saturated carbocycles. The van der Waals surface area contributed by atoms with Crippen LogP contribution in [-0.2, 0) is 16.0 Å². The molecular formula is C12H20N2O2S2. The van der Waals surface area contributed by atoms with Crippen molar-refractivity contribution in [3.8, 4) is 0 Å². The normalized spacial score (nSPS) is 11.6. The van der Waals surface area contributed by atoms with E-state index in [-0.39, 0.29) is 11.5 Å². The zero-order valence-electron chi connectivity index (χ0n) is 11.3. The fourth-order valence-corrected chi connectivity index (χ4v) is 2.86. The number of nitrogens with one attached hydrogen (secondary N) is 2. The summed E-state index contributed by atoms with van der Waals surface area (Å²) in [6.45, 7) is 8.94. The molecule has 4 nitrogen and oxygen atoms in total. The second-order valence-electron chi connectivity index (χ2n) is 4.71. The van der Waals surface area contributed by atoms with Crippen molar-refractivity contribution in [1.82, 2.24) is 10.3 Å². The van der Waals surface area contributed by atoms with Gasteiger partial charge in [-0.15, -0.1) is 11.3 Å². The number of hydrogen-bond acceptors (Lipinski definition) is 4. The molecule has 0 atom stereocenters. The number of carbonyl (C=O) groups excluding carboxylic acids is 1. The Kier molecular flexibility index (Phi) is 5.49. The van der Waals surface area contributed by atoms with Crippen LogP contribution in [0.3, 0.4) is 0 Å². The molecule has 0 aromatic carbocycles. The Hall–Kier alpha value is -0.720. The smallest absolute Gasteiger partial charge is 0.225 e. The zero-order chi connectivity index (χ0) is 13.8. The first-order valence-electron chi connectivity index (χ1n) is 5.93. The van der Waals surface area contributed by atoms with Gasteiger partial charge >= 0.3 is 0 Å². The predicted molar refractivity (Wildman–Crippen MR) is 76.7 cm³/mol. The van der Waals surface area contributed by atoms with Gasteiger partial charge in [0.15, 0.2) is 3.95 Å². The van der Waals surface area contributed by atoms with Crippen molar-refractivity contribution in [3.05, 3.63) is 14.5 Å². The molecule has 0 aliphatic carbocycles. The van der Waals surface area contributed by atoms with E-state index < -0.39 is 0 Å². The molecule has 0 spiro atoms. The standard InChI is InChI=1S/C12H20N2O2S2/c1-5-16-12(3,4)7-13-10(15)6-9-8(2)14-11(17)18-9/h5-7H2,1-4H3,(H,13,15)(H,14,17). The highest BCUT2D eigenvalue weighted by molar-refractivity contribution is 7.73. The summed E-state index contributed by atoms with van der Waals surface area (Å²) in [5.74, 6) is -0.00359. The second kappa shape index (κ2) is 6.45. The summed E-state index contributed by atoms with van der Waals surface area (Å²) in [6.07, 6.45) is 0.367. The maximum Gasteiger partial charge on any atom is 0.225 e. The molecular weight excluding hydrogens is 268 g/mol. The van der Waals surface area contributed by atoms with Crippen molar-refractivity contribution in [2.45, 2.75) is 39.7 Å². The lowest BCUT2D eigenvalue weighted by molar-refractivity contribution is -0.122. The SMILES string of the molecule is CCOC(C)(C)CNC(=O)Cc1sc(=S)[nH]c1C. The van der Waals surface area contributed by atoms with Gasteiger partial charge in [0.05, 0.1) is 12.0 Å². The summed E-state index contributed by atoms with van der Waals surface area (Å²) in [7, 11) is 0. The third-order valence-electron chi connectivity index (χ3n) is 2.49. The van der Waals surface area contributed by atoms with Crippen molar-refractivity contribution in [2.24, 2.45) is 0 Å². The van der Waals surface area contributed by atoms with E-state index >= 15 is 0 Å². The minimum atomic E-state index is -0.329. The van der Waals surface area contributed by atoms with Gasteiger partial charge in [0, 0.05) is 23.7 Å². The van der Waals surface area contributed by atoms with Crippen LogP contribution in [0.1, 0.15) is 31.3 Å². The van der Waals surface area contributed by atoms with Gasteiger partial charge in [0.2, 0.25) is 5.91 Å². The largest absolute Gasteiger partial charge is 0.374 e. The molecule has 1 aromatic rings. The van der Waals surface area contributed by atoms with Crippen molar-refractivity contribution < 1.29 is 9.53 Å². The van der Waals surface area contributed by atoms with E-state index in [2.05, 4.69) is 10.3 Å². The number of carbonyl (C=O) groups is 1. The molecule has 0 radical (unpaired) electrons. The zero-order valence-corrected chi connectivity index (χ0v) is 12.9. The van der Waals surface area contributed by atoms with Crippen LogP contribution in [0.4, 0.5) is 0 Å². The summed E-state index contributed by atoms with van der Waals surface area (Å²) in [4.78, 5) is 15.8. The van der Waals surface area contributed by atoms with Crippen LogP contribution in [0.5, 0.6) is 0 Å². The van der Waals surface area contributed by atoms with Crippen LogP contribution in [0.25, 0.3) is 0 Å². The Bertz CT molecular complexity index is 463. The predicted octanol–water partition coefficient (Wildman–Crippen LogP) is 2.59. The molecule has 0 unspecified atom stereocenters. The lowest BCUT2D eigenvalue weighted by atomic mass is 10.1. The fourth-order valence-electron chi connectivity index (χ4n) is 1.57. The number of ether oxygens (including phenoxy) is 1. The fraction of sp³-hybridized carbons (Fsp3) is 0.667. The Balaban J connectivity index is 2.48. The third kappa shape index (κ3) is 4.88. The molecule has 1 aromatic heterocycles. The molecule has 0 bridgehead atoms. The average Bonchev–Trinajstić information content (AvgIpc) is 2.55. The van der Waals surface area contributed by atoms with Gasteiger partial charge in [-0.3, -0.25) is 4.79 Å². The highest BCUT2D eigenvalue weighted by Gasteiger charge is 2.19. The highest BCUT2D eigenvalue weighted by atomic mass is 32.1. The Morgan fingerprint density at radius 1 is 1.56 bits per heavy atom. The molecule has 0 aliphatic rings. The van der Waals surface area contributed by atoms with Crippen LogP contribution in [0.15, 0.2) is 0 Å². The first kappa shape index (κ1) is 15.3. The van der Waals surface area contributed by atoms with Crippen molar-refractivity contribution in [1.29, 1.82) is 0 Å². The minimum Gasteiger partial charge on any atom is -0.374 e. The molecule has 1 heterocycles. The number of aromatic amines is 1. The van der Waals surface area contributed by atoms with Gasteiger partial charge in [-0.05, 0) is 39.9 Å². The molecule has 0 fully saturated rings. The van der Waals surface area contributed by atoms with E-state index in [1.807, 2.05) is 27.7 Å². The van der Waals surface area contributed by atoms with E-state index in [9.17, 15) is 4.79 Å². The molecule has 102 valence electrons. The van der Waals surface area contributed by atoms with Gasteiger partial charge in [-0.1, -0.05) is 0 Å². The van der Waals surface area contributed by atoms with Crippen molar-refractivity contribution in [2.75, 3.05) is 13.2 Å². The number of rotatable bonds is 6. The summed E-state index contributed by atoms with van der Waals surface area (Å²) in [5, 5.41) is 2.89. The van der Waals surface area contributed by atoms with Crippen molar-refractivity contribution >= 4 is 29.5 Å². The number of amides is 1. The number of thiazole rings is 1. The van der Waals surface area contributed by atoms with Crippen LogP contribution < -0.4 is 5.32 Å². The summed E-state index contributed by atoms with van der Waals surface area (Å²) >= 11 is 6.50. The highest BCUT2D eigenvalue weighted by Crippen LogP contribution is 2.15. The molecule has 1 rings (SSSR count). The van der Waals surface area contributed by atoms with Crippen molar-refractivity contribution in [3.63, 3.8) is 0 Å². The molecule has 18 heavy (non-hydrogen) atoms. The molecule has 0 saturated heterocycles. The number of aromatic nitrogens is 1. The average molecular weight is 288 g/mol. The number of H-pyrrole nitrogens is 1. The maximum atomic E-state index is 11.8. The monoisotopic (exact) mass is 288 g/mol. The lowest BCUT2D eigenvalue weighted by Gasteiger charge is -2.24. The van der Waals surface area contributed by atoms with E-state index in [0.717, 1.165) is 10.6 Å². The maximum absolute atomic E-state index is 11.8. The summed E-state index contributed by atoms with van der Waals surface area (Å²) in [6, 6.07) is 0. The minimum absolute atomic E-state index is 0.00359. The van der Waals surface area contributed by atoms with Crippen LogP contribution >= 0.6 is 23.6 Å². The van der Waals surface area contributed by atoms with Gasteiger partial charge < -0.3 is 15.0 Å². The topological polar surface area (TPSA) is 54.1 Å². The van der Waals surface area contributed by atoms with Gasteiger partial charge in [-0.25, -0.2) is 0 Å². The Morgan fingerprint density at radius 2 is 2.22 bits per heavy atom. The first-order chi connectivity index (χ1) is 8.34. The third-order valence-corrected chi connectivity index (χ3v) is 3.83. The lowest BCUT2D eigenvalue weighted by Crippen LogP contribution is -2.41. The Morgan fingerprint density at radius 3 is 2.72 bits per heavy atom. The number of hydrogen-bond donors (Lipinski definition) is 2. The van der Waals surface area contributed by atoms with Crippen LogP contribution in [0.2, 0.25) is 0 Å². The Labute approximate surface area is 117 Å². The summed E-state index contributed by atoms with van der Waals surface area (Å²) < 4.78 is 6.24. The second-order valence-corrected chi connectivity index (χ2v) is 6.48. The molecule has 0 aliphatic heterocycles. The molecule has 1 amide bonds. The number of aryl methyl sites for hydroxylation is 1. The van der Waals surface area contributed by atoms with Crippen LogP contribution in [0, 0.1) is 10.9 Å². The van der Waals surface area contributed by atoms with Gasteiger partial charge in [0.25, 0.3) is 0 Å². The molecule has 6 heteroatoms. The van der Waals surface area contributed by atoms with Gasteiger partial charge in [-0.2, -0.15) is 0 Å². The first-order valence-corrected chi connectivity index (χ1v) is 7.16.